The fourth-order valence-corrected chi connectivity index (χ4v) is 1.09. The van der Waals surface area contributed by atoms with Crippen molar-refractivity contribution in [2.75, 3.05) is 0 Å². The molecule has 0 bridgehead atoms. The van der Waals surface area contributed by atoms with Crippen LogP contribution in [0.25, 0.3) is 0 Å². The molecule has 1 rings (SSSR count). The third-order valence-electron chi connectivity index (χ3n) is 1.45. The average Bonchev–Trinajstić information content (AvgIpc) is 2.34. The van der Waals surface area contributed by atoms with Gasteiger partial charge in [-0.05, 0) is 22.4 Å². The van der Waals surface area contributed by atoms with Gasteiger partial charge in [0, 0.05) is 0 Å². The molecule has 0 spiro atoms. The van der Waals surface area contributed by atoms with E-state index in [4.69, 9.17) is 0 Å². The average molecular weight is 204 g/mol. The van der Waals surface area contributed by atoms with Crippen molar-refractivity contribution in [1.82, 2.24) is 4.57 Å². The standard InChI is InChI=1S/C7H12BrN2/c1-3-7(8)10-5-4-9(2)6-10/h4-7H,3H2,1-2H3/q+1. The second-order valence-electron chi connectivity index (χ2n) is 2.37. The van der Waals surface area contributed by atoms with Gasteiger partial charge >= 0.3 is 0 Å². The van der Waals surface area contributed by atoms with Crippen molar-refractivity contribution >= 4 is 15.9 Å². The molecule has 0 aliphatic heterocycles. The fraction of sp³-hybridized carbons (Fsp3) is 0.571. The van der Waals surface area contributed by atoms with Gasteiger partial charge in [0.25, 0.3) is 0 Å². The predicted molar refractivity (Wildman–Crippen MR) is 43.9 cm³/mol. The molecule has 0 fully saturated rings. The van der Waals surface area contributed by atoms with Crippen LogP contribution in [0.1, 0.15) is 18.3 Å². The van der Waals surface area contributed by atoms with Crippen molar-refractivity contribution in [3.05, 3.63) is 18.7 Å². The summed E-state index contributed by atoms with van der Waals surface area (Å²) < 4.78 is 4.17. The summed E-state index contributed by atoms with van der Waals surface area (Å²) in [6.45, 7) is 2.15. The number of alkyl halides is 1. The quantitative estimate of drug-likeness (QED) is 0.511. The van der Waals surface area contributed by atoms with E-state index in [-0.39, 0.29) is 0 Å². The minimum absolute atomic E-state index is 0.439. The molecule has 10 heavy (non-hydrogen) atoms. The van der Waals surface area contributed by atoms with Crippen LogP contribution in [-0.4, -0.2) is 4.57 Å². The lowest BCUT2D eigenvalue weighted by Gasteiger charge is -1.99. The van der Waals surface area contributed by atoms with Gasteiger partial charge in [-0.1, -0.05) is 6.92 Å². The van der Waals surface area contributed by atoms with Crippen LogP contribution in [-0.2, 0) is 7.05 Å². The van der Waals surface area contributed by atoms with E-state index in [0.717, 1.165) is 6.42 Å². The summed E-state index contributed by atoms with van der Waals surface area (Å²) in [4.78, 5) is 0.439. The minimum Gasteiger partial charge on any atom is -0.240 e. The molecule has 1 heterocycles. The first-order valence-corrected chi connectivity index (χ1v) is 4.32. The highest BCUT2D eigenvalue weighted by atomic mass is 79.9. The Morgan fingerprint density at radius 1 is 1.70 bits per heavy atom. The Morgan fingerprint density at radius 3 is 2.80 bits per heavy atom. The van der Waals surface area contributed by atoms with Crippen molar-refractivity contribution in [3.8, 4) is 0 Å². The third kappa shape index (κ3) is 1.59. The summed E-state index contributed by atoms with van der Waals surface area (Å²) in [5, 5.41) is 0. The molecule has 1 unspecified atom stereocenters. The zero-order valence-electron chi connectivity index (χ0n) is 6.29. The number of rotatable bonds is 2. The molecule has 0 aliphatic rings. The van der Waals surface area contributed by atoms with Crippen molar-refractivity contribution in [3.63, 3.8) is 0 Å². The normalized spacial score (nSPS) is 13.5. The van der Waals surface area contributed by atoms with Crippen LogP contribution in [0.5, 0.6) is 0 Å². The molecule has 0 saturated heterocycles. The summed E-state index contributed by atoms with van der Waals surface area (Å²) >= 11 is 3.55. The van der Waals surface area contributed by atoms with Crippen LogP contribution in [0, 0.1) is 0 Å². The maximum absolute atomic E-state index is 3.55. The fourth-order valence-electron chi connectivity index (χ4n) is 0.846. The number of hydrogen-bond acceptors (Lipinski definition) is 0. The van der Waals surface area contributed by atoms with Crippen LogP contribution in [0.15, 0.2) is 18.7 Å². The summed E-state index contributed by atoms with van der Waals surface area (Å²) in [7, 11) is 2.02. The number of imidazole rings is 1. The zero-order valence-corrected chi connectivity index (χ0v) is 7.87. The molecule has 0 aliphatic carbocycles. The molecular weight excluding hydrogens is 192 g/mol. The van der Waals surface area contributed by atoms with Gasteiger partial charge in [0.15, 0.2) is 4.95 Å². The first-order valence-electron chi connectivity index (χ1n) is 3.41. The smallest absolute Gasteiger partial charge is 0.240 e. The molecule has 1 atom stereocenters. The van der Waals surface area contributed by atoms with Gasteiger partial charge in [-0.25, -0.2) is 9.13 Å². The van der Waals surface area contributed by atoms with Crippen molar-refractivity contribution in [2.24, 2.45) is 7.05 Å². The molecule has 1 aromatic heterocycles. The number of halogens is 1. The zero-order chi connectivity index (χ0) is 7.56. The van der Waals surface area contributed by atoms with E-state index >= 15 is 0 Å². The van der Waals surface area contributed by atoms with Gasteiger partial charge in [0.05, 0.1) is 7.05 Å². The van der Waals surface area contributed by atoms with Crippen LogP contribution < -0.4 is 4.57 Å². The summed E-state index contributed by atoms with van der Waals surface area (Å²) in [6.07, 6.45) is 7.25. The van der Waals surface area contributed by atoms with Crippen LogP contribution in [0.4, 0.5) is 0 Å². The highest BCUT2D eigenvalue weighted by Crippen LogP contribution is 2.16. The van der Waals surface area contributed by atoms with Crippen LogP contribution in [0.2, 0.25) is 0 Å². The van der Waals surface area contributed by atoms with Crippen molar-refractivity contribution < 1.29 is 4.57 Å². The van der Waals surface area contributed by atoms with Gasteiger partial charge in [-0.3, -0.25) is 0 Å². The Hall–Kier alpha value is -0.310. The van der Waals surface area contributed by atoms with Gasteiger partial charge in [0.1, 0.15) is 12.4 Å². The van der Waals surface area contributed by atoms with Gasteiger partial charge in [-0.2, -0.15) is 0 Å². The topological polar surface area (TPSA) is 8.81 Å². The molecule has 0 radical (unpaired) electrons. The maximum atomic E-state index is 3.55. The molecule has 56 valence electrons. The Kier molecular flexibility index (Phi) is 2.49. The first-order chi connectivity index (χ1) is 4.74. The molecular formula is C7H12BrN2+. The lowest BCUT2D eigenvalue weighted by atomic mass is 10.5. The Balaban J connectivity index is 2.74. The van der Waals surface area contributed by atoms with E-state index in [0.29, 0.717) is 4.95 Å². The van der Waals surface area contributed by atoms with Crippen molar-refractivity contribution in [1.29, 1.82) is 0 Å². The molecule has 0 N–H and O–H groups in total. The molecule has 2 nitrogen and oxygen atoms in total. The monoisotopic (exact) mass is 203 g/mol. The third-order valence-corrected chi connectivity index (χ3v) is 2.57. The minimum atomic E-state index is 0.439. The Bertz CT molecular complexity index is 207. The summed E-state index contributed by atoms with van der Waals surface area (Å²) in [5.41, 5.74) is 0. The number of aryl methyl sites for hydroxylation is 1. The molecule has 0 saturated carbocycles. The largest absolute Gasteiger partial charge is 0.244 e. The lowest BCUT2D eigenvalue weighted by Crippen LogP contribution is -2.23. The molecule has 1 aromatic rings. The number of nitrogens with zero attached hydrogens (tertiary/aromatic N) is 2. The van der Waals surface area contributed by atoms with E-state index in [1.807, 2.05) is 17.8 Å². The van der Waals surface area contributed by atoms with Crippen LogP contribution >= 0.6 is 15.9 Å². The molecule has 0 aromatic carbocycles. The Labute approximate surface area is 69.6 Å². The number of aromatic nitrogens is 2. The van der Waals surface area contributed by atoms with Crippen molar-refractivity contribution in [2.45, 2.75) is 18.3 Å². The van der Waals surface area contributed by atoms with E-state index in [1.165, 1.54) is 0 Å². The molecule has 0 amide bonds. The van der Waals surface area contributed by atoms with E-state index < -0.39 is 0 Å². The van der Waals surface area contributed by atoms with Crippen LogP contribution in [0.3, 0.4) is 0 Å². The number of hydrogen-bond donors (Lipinski definition) is 0. The second-order valence-corrected chi connectivity index (χ2v) is 3.43. The predicted octanol–water partition coefficient (Wildman–Crippen LogP) is 1.62. The highest BCUT2D eigenvalue weighted by Gasteiger charge is 2.07. The second kappa shape index (κ2) is 3.19. The maximum Gasteiger partial charge on any atom is 0.244 e. The summed E-state index contributed by atoms with van der Waals surface area (Å²) in [5.74, 6) is 0. The SMILES string of the molecule is CCC(Br)n1cc[n+](C)c1. The van der Waals surface area contributed by atoms with E-state index in [9.17, 15) is 0 Å². The van der Waals surface area contributed by atoms with Gasteiger partial charge in [0.2, 0.25) is 6.33 Å². The highest BCUT2D eigenvalue weighted by molar-refractivity contribution is 9.09. The van der Waals surface area contributed by atoms with E-state index in [1.54, 1.807) is 0 Å². The Morgan fingerprint density at radius 2 is 2.40 bits per heavy atom. The van der Waals surface area contributed by atoms with Gasteiger partial charge in [-0.15, -0.1) is 0 Å². The van der Waals surface area contributed by atoms with Gasteiger partial charge < -0.3 is 0 Å². The summed E-state index contributed by atoms with van der Waals surface area (Å²) in [6, 6.07) is 0. The molecule has 3 heteroatoms. The first kappa shape index (κ1) is 7.79. The lowest BCUT2D eigenvalue weighted by molar-refractivity contribution is -0.671. The van der Waals surface area contributed by atoms with E-state index in [2.05, 4.69) is 39.9 Å².